The molecule has 0 amide bonds. The molecule has 0 bridgehead atoms. The molecular weight excluding hydrogens is 365 g/mol. The fourth-order valence-corrected chi connectivity index (χ4v) is 2.34. The zero-order valence-electron chi connectivity index (χ0n) is 11.9. The number of ether oxygens (including phenoxy) is 1. The molecule has 2 aromatic rings. The summed E-state index contributed by atoms with van der Waals surface area (Å²) in [6.07, 6.45) is 2.91. The third-order valence-electron chi connectivity index (χ3n) is 2.94. The van der Waals surface area contributed by atoms with E-state index in [0.717, 1.165) is 45.1 Å². The Morgan fingerprint density at radius 3 is 2.80 bits per heavy atom. The number of hydrogen-bond donors (Lipinski definition) is 1. The maximum atomic E-state index is 5.28. The number of nitrogens with one attached hydrogen (secondary N) is 1. The molecule has 5 heteroatoms. The summed E-state index contributed by atoms with van der Waals surface area (Å²) in [5.74, 6) is 2.50. The monoisotopic (exact) mass is 383 g/mol. The van der Waals surface area contributed by atoms with Gasteiger partial charge in [0.15, 0.2) is 5.82 Å². The lowest BCUT2D eigenvalue weighted by molar-refractivity contribution is 0.412. The van der Waals surface area contributed by atoms with Crippen LogP contribution in [0.1, 0.15) is 18.9 Å². The van der Waals surface area contributed by atoms with E-state index in [0.29, 0.717) is 0 Å². The third kappa shape index (κ3) is 3.39. The normalized spacial score (nSPS) is 10.4. The Labute approximate surface area is 133 Å². The van der Waals surface area contributed by atoms with Crippen molar-refractivity contribution in [3.63, 3.8) is 0 Å². The van der Waals surface area contributed by atoms with E-state index in [4.69, 9.17) is 4.74 Å². The number of hydrogen-bond acceptors (Lipinski definition) is 4. The first-order chi connectivity index (χ1) is 9.65. The lowest BCUT2D eigenvalue weighted by Gasteiger charge is -2.10. The molecule has 1 aromatic heterocycles. The van der Waals surface area contributed by atoms with Gasteiger partial charge in [0.1, 0.15) is 11.6 Å². The van der Waals surface area contributed by atoms with Crippen molar-refractivity contribution in [3.8, 4) is 17.1 Å². The van der Waals surface area contributed by atoms with Crippen LogP contribution < -0.4 is 10.1 Å². The fraction of sp³-hybridized carbons (Fsp3) is 0.333. The molecule has 0 aliphatic rings. The van der Waals surface area contributed by atoms with Crippen LogP contribution >= 0.6 is 22.6 Å². The van der Waals surface area contributed by atoms with Gasteiger partial charge in [-0.05, 0) is 59.7 Å². The van der Waals surface area contributed by atoms with Crippen LogP contribution in [-0.2, 0) is 0 Å². The van der Waals surface area contributed by atoms with E-state index in [-0.39, 0.29) is 0 Å². The van der Waals surface area contributed by atoms with Crippen molar-refractivity contribution in [2.75, 3.05) is 19.0 Å². The quantitative estimate of drug-likeness (QED) is 0.796. The average Bonchev–Trinajstić information content (AvgIpc) is 2.46. The highest BCUT2D eigenvalue weighted by Gasteiger charge is 2.08. The molecule has 0 saturated heterocycles. The van der Waals surface area contributed by atoms with E-state index < -0.39 is 0 Å². The van der Waals surface area contributed by atoms with E-state index in [1.165, 1.54) is 0 Å². The van der Waals surface area contributed by atoms with Gasteiger partial charge in [-0.3, -0.25) is 0 Å². The Bertz CT molecular complexity index is 602. The Balaban J connectivity index is 2.35. The number of benzene rings is 1. The summed E-state index contributed by atoms with van der Waals surface area (Å²) in [5, 5.41) is 3.33. The van der Waals surface area contributed by atoms with Gasteiger partial charge in [-0.15, -0.1) is 0 Å². The zero-order chi connectivity index (χ0) is 14.5. The second-order valence-corrected chi connectivity index (χ2v) is 5.66. The number of halogens is 1. The van der Waals surface area contributed by atoms with Gasteiger partial charge in [-0.1, -0.05) is 6.92 Å². The van der Waals surface area contributed by atoms with Crippen molar-refractivity contribution in [1.29, 1.82) is 0 Å². The minimum absolute atomic E-state index is 0.731. The molecule has 0 spiro atoms. The van der Waals surface area contributed by atoms with Gasteiger partial charge in [-0.25, -0.2) is 9.97 Å². The number of anilines is 1. The number of methoxy groups -OCH3 is 1. The number of rotatable bonds is 5. The van der Waals surface area contributed by atoms with Gasteiger partial charge in [-0.2, -0.15) is 0 Å². The largest absolute Gasteiger partial charge is 0.496 e. The lowest BCUT2D eigenvalue weighted by Crippen LogP contribution is -2.05. The van der Waals surface area contributed by atoms with Crippen LogP contribution in [0.3, 0.4) is 0 Å². The van der Waals surface area contributed by atoms with E-state index in [1.807, 2.05) is 31.3 Å². The summed E-state index contributed by atoms with van der Waals surface area (Å²) in [6, 6.07) is 5.98. The molecule has 0 atom stereocenters. The second-order valence-electron chi connectivity index (χ2n) is 4.50. The van der Waals surface area contributed by atoms with E-state index >= 15 is 0 Å². The summed E-state index contributed by atoms with van der Waals surface area (Å²) in [6.45, 7) is 5.06. The Kier molecular flexibility index (Phi) is 5.17. The molecule has 1 N–H and O–H groups in total. The Morgan fingerprint density at radius 2 is 2.15 bits per heavy atom. The molecule has 1 heterocycles. The molecule has 0 aliphatic carbocycles. The maximum Gasteiger partial charge on any atom is 0.161 e. The summed E-state index contributed by atoms with van der Waals surface area (Å²) >= 11 is 2.25. The summed E-state index contributed by atoms with van der Waals surface area (Å²) in [5.41, 5.74) is 2.08. The molecule has 0 aliphatic heterocycles. The summed E-state index contributed by atoms with van der Waals surface area (Å²) in [4.78, 5) is 9.02. The van der Waals surface area contributed by atoms with Crippen LogP contribution in [0.2, 0.25) is 0 Å². The highest BCUT2D eigenvalue weighted by Crippen LogP contribution is 2.25. The van der Waals surface area contributed by atoms with Crippen LogP contribution in [0.25, 0.3) is 11.4 Å². The Morgan fingerprint density at radius 1 is 1.35 bits per heavy atom. The molecule has 0 radical (unpaired) electrons. The summed E-state index contributed by atoms with van der Waals surface area (Å²) in [7, 11) is 1.68. The average molecular weight is 383 g/mol. The highest BCUT2D eigenvalue weighted by atomic mass is 127. The minimum Gasteiger partial charge on any atom is -0.496 e. The first-order valence-electron chi connectivity index (χ1n) is 6.57. The van der Waals surface area contributed by atoms with Crippen molar-refractivity contribution in [1.82, 2.24) is 9.97 Å². The molecule has 1 aromatic carbocycles. The van der Waals surface area contributed by atoms with Gasteiger partial charge in [0, 0.05) is 18.3 Å². The first kappa shape index (κ1) is 15.0. The molecule has 106 valence electrons. The molecule has 0 fully saturated rings. The fourth-order valence-electron chi connectivity index (χ4n) is 1.89. The van der Waals surface area contributed by atoms with Gasteiger partial charge in [0.05, 0.1) is 10.7 Å². The van der Waals surface area contributed by atoms with Crippen LogP contribution in [0.5, 0.6) is 5.75 Å². The number of aromatic nitrogens is 2. The zero-order valence-corrected chi connectivity index (χ0v) is 14.1. The number of nitrogens with zero attached hydrogens (tertiary/aromatic N) is 2. The van der Waals surface area contributed by atoms with Crippen molar-refractivity contribution in [2.45, 2.75) is 20.3 Å². The van der Waals surface area contributed by atoms with Gasteiger partial charge < -0.3 is 10.1 Å². The van der Waals surface area contributed by atoms with E-state index in [9.17, 15) is 0 Å². The smallest absolute Gasteiger partial charge is 0.161 e. The van der Waals surface area contributed by atoms with Gasteiger partial charge in [0.2, 0.25) is 0 Å². The molecule has 4 nitrogen and oxygen atoms in total. The van der Waals surface area contributed by atoms with Crippen LogP contribution in [-0.4, -0.2) is 23.6 Å². The predicted molar refractivity (Wildman–Crippen MR) is 90.3 cm³/mol. The van der Waals surface area contributed by atoms with Gasteiger partial charge in [0.25, 0.3) is 0 Å². The third-order valence-corrected chi connectivity index (χ3v) is 3.73. The van der Waals surface area contributed by atoms with E-state index in [2.05, 4.69) is 44.8 Å². The molecule has 20 heavy (non-hydrogen) atoms. The minimum atomic E-state index is 0.731. The molecule has 0 unspecified atom stereocenters. The van der Waals surface area contributed by atoms with E-state index in [1.54, 1.807) is 7.11 Å². The van der Waals surface area contributed by atoms with Crippen molar-refractivity contribution in [2.24, 2.45) is 0 Å². The van der Waals surface area contributed by atoms with Crippen molar-refractivity contribution < 1.29 is 4.74 Å². The maximum absolute atomic E-state index is 5.28. The molecular formula is C15H18IN3O. The van der Waals surface area contributed by atoms with Crippen LogP contribution in [0.4, 0.5) is 5.82 Å². The summed E-state index contributed by atoms with van der Waals surface area (Å²) < 4.78 is 6.31. The highest BCUT2D eigenvalue weighted by molar-refractivity contribution is 14.1. The lowest BCUT2D eigenvalue weighted by atomic mass is 10.1. The van der Waals surface area contributed by atoms with Crippen molar-refractivity contribution >= 4 is 28.4 Å². The predicted octanol–water partition coefficient (Wildman–Crippen LogP) is 3.89. The second kappa shape index (κ2) is 6.88. The topological polar surface area (TPSA) is 47.0 Å². The molecule has 0 saturated carbocycles. The van der Waals surface area contributed by atoms with Crippen molar-refractivity contribution in [3.05, 3.63) is 33.5 Å². The first-order valence-corrected chi connectivity index (χ1v) is 7.65. The van der Waals surface area contributed by atoms with Crippen LogP contribution in [0, 0.1) is 10.5 Å². The standard InChI is InChI=1S/C15H18IN3O/c1-4-7-17-15-12(16)9-18-14(19-15)11-5-6-13(20-3)10(2)8-11/h5-6,8-9H,4,7H2,1-3H3,(H,17,18,19). The van der Waals surface area contributed by atoms with Crippen LogP contribution in [0.15, 0.2) is 24.4 Å². The Hall–Kier alpha value is -1.37. The number of aryl methyl sites for hydroxylation is 1. The molecule has 2 rings (SSSR count). The SMILES string of the molecule is CCCNc1nc(-c2ccc(OC)c(C)c2)ncc1I. The van der Waals surface area contributed by atoms with Gasteiger partial charge >= 0.3 is 0 Å².